The molecule has 0 spiro atoms. The first-order chi connectivity index (χ1) is 9.38. The van der Waals surface area contributed by atoms with E-state index in [9.17, 15) is 0 Å². The lowest BCUT2D eigenvalue weighted by Crippen LogP contribution is -2.15. The highest BCUT2D eigenvalue weighted by molar-refractivity contribution is 4.91. The van der Waals surface area contributed by atoms with Crippen LogP contribution in [0, 0.1) is 0 Å². The second-order valence-electron chi connectivity index (χ2n) is 4.38. The predicted molar refractivity (Wildman–Crippen MR) is 70.3 cm³/mol. The molecule has 0 aliphatic rings. The molecule has 0 aromatic carbocycles. The molecule has 0 bridgehead atoms. The Morgan fingerprint density at radius 2 is 2.21 bits per heavy atom. The number of unbranched alkanes of at least 4 members (excludes halogenated alkanes) is 1. The highest BCUT2D eigenvalue weighted by Crippen LogP contribution is 1.96. The van der Waals surface area contributed by atoms with Crippen LogP contribution in [0.3, 0.4) is 0 Å². The molecule has 7 nitrogen and oxygen atoms in total. The van der Waals surface area contributed by atoms with Gasteiger partial charge in [-0.25, -0.2) is 9.67 Å². The summed E-state index contributed by atoms with van der Waals surface area (Å²) in [6.45, 7) is 3.27. The maximum Gasteiger partial charge on any atom is 0.0964 e. The fourth-order valence-electron chi connectivity index (χ4n) is 1.81. The average Bonchev–Trinajstić information content (AvgIpc) is 3.06. The molecule has 0 radical (unpaired) electrons. The van der Waals surface area contributed by atoms with Crippen LogP contribution in [-0.2, 0) is 19.6 Å². The number of hydrogen-bond donors (Lipinski definition) is 2. The maximum atomic E-state index is 8.77. The molecule has 2 heterocycles. The SMILES string of the molecule is OCCn1cc(CNCCCCn2ccnc2)nn1. The molecule has 0 aliphatic carbocycles. The summed E-state index contributed by atoms with van der Waals surface area (Å²) in [6.07, 6.45) is 9.71. The van der Waals surface area contributed by atoms with E-state index in [2.05, 4.69) is 25.2 Å². The normalized spacial score (nSPS) is 11.0. The van der Waals surface area contributed by atoms with Gasteiger partial charge in [0.1, 0.15) is 0 Å². The summed E-state index contributed by atoms with van der Waals surface area (Å²) in [4.78, 5) is 4.01. The van der Waals surface area contributed by atoms with E-state index in [0.717, 1.165) is 38.2 Å². The highest BCUT2D eigenvalue weighted by Gasteiger charge is 1.99. The summed E-state index contributed by atoms with van der Waals surface area (Å²) in [7, 11) is 0. The third-order valence-electron chi connectivity index (χ3n) is 2.80. The highest BCUT2D eigenvalue weighted by atomic mass is 16.3. The van der Waals surface area contributed by atoms with E-state index in [1.807, 2.05) is 18.7 Å². The largest absolute Gasteiger partial charge is 0.394 e. The molecular formula is C12H20N6O. The Kier molecular flexibility index (Phi) is 5.51. The summed E-state index contributed by atoms with van der Waals surface area (Å²) in [5.74, 6) is 0. The third-order valence-corrected chi connectivity index (χ3v) is 2.80. The summed E-state index contributed by atoms with van der Waals surface area (Å²) in [5, 5.41) is 20.0. The van der Waals surface area contributed by atoms with Crippen molar-refractivity contribution in [2.45, 2.75) is 32.5 Å². The minimum atomic E-state index is 0.0878. The van der Waals surface area contributed by atoms with Gasteiger partial charge in [0.25, 0.3) is 0 Å². The molecule has 0 atom stereocenters. The number of rotatable bonds is 9. The fraction of sp³-hybridized carbons (Fsp3) is 0.583. The molecule has 2 N–H and O–H groups in total. The smallest absolute Gasteiger partial charge is 0.0964 e. The molecule has 0 saturated carbocycles. The number of nitrogens with one attached hydrogen (secondary N) is 1. The summed E-state index contributed by atoms with van der Waals surface area (Å²) < 4.78 is 3.73. The Bertz CT molecular complexity index is 452. The second kappa shape index (κ2) is 7.65. The number of imidazole rings is 1. The van der Waals surface area contributed by atoms with E-state index in [1.54, 1.807) is 10.9 Å². The molecule has 0 fully saturated rings. The monoisotopic (exact) mass is 264 g/mol. The van der Waals surface area contributed by atoms with Crippen LogP contribution in [-0.4, -0.2) is 42.8 Å². The van der Waals surface area contributed by atoms with Gasteiger partial charge in [0.05, 0.1) is 25.2 Å². The van der Waals surface area contributed by atoms with E-state index in [0.29, 0.717) is 6.54 Å². The Morgan fingerprint density at radius 3 is 3.00 bits per heavy atom. The van der Waals surface area contributed by atoms with Crippen LogP contribution in [0.1, 0.15) is 18.5 Å². The van der Waals surface area contributed by atoms with E-state index in [-0.39, 0.29) is 6.61 Å². The van der Waals surface area contributed by atoms with Crippen molar-refractivity contribution in [3.05, 3.63) is 30.6 Å². The van der Waals surface area contributed by atoms with Crippen LogP contribution in [0.5, 0.6) is 0 Å². The zero-order valence-electron chi connectivity index (χ0n) is 10.9. The average molecular weight is 264 g/mol. The van der Waals surface area contributed by atoms with Gasteiger partial charge in [-0.2, -0.15) is 0 Å². The van der Waals surface area contributed by atoms with Gasteiger partial charge in [-0.05, 0) is 19.4 Å². The van der Waals surface area contributed by atoms with Gasteiger partial charge in [-0.15, -0.1) is 5.10 Å². The van der Waals surface area contributed by atoms with Crippen LogP contribution in [0.15, 0.2) is 24.9 Å². The Morgan fingerprint density at radius 1 is 1.26 bits per heavy atom. The van der Waals surface area contributed by atoms with Crippen LogP contribution in [0.25, 0.3) is 0 Å². The Hall–Kier alpha value is -1.73. The van der Waals surface area contributed by atoms with Crippen LogP contribution in [0.4, 0.5) is 0 Å². The summed E-state index contributed by atoms with van der Waals surface area (Å²) in [6, 6.07) is 0. The van der Waals surface area contributed by atoms with E-state index < -0.39 is 0 Å². The minimum Gasteiger partial charge on any atom is -0.394 e. The number of aliphatic hydroxyl groups excluding tert-OH is 1. The summed E-state index contributed by atoms with van der Waals surface area (Å²) >= 11 is 0. The molecule has 0 saturated heterocycles. The topological polar surface area (TPSA) is 80.8 Å². The van der Waals surface area contributed by atoms with Crippen molar-refractivity contribution >= 4 is 0 Å². The van der Waals surface area contributed by atoms with E-state index >= 15 is 0 Å². The third kappa shape index (κ3) is 4.80. The number of aryl methyl sites for hydroxylation is 1. The van der Waals surface area contributed by atoms with Crippen LogP contribution in [0.2, 0.25) is 0 Å². The maximum absolute atomic E-state index is 8.77. The molecule has 2 rings (SSSR count). The first kappa shape index (κ1) is 13.7. The molecule has 104 valence electrons. The quantitative estimate of drug-likeness (QED) is 0.625. The molecule has 19 heavy (non-hydrogen) atoms. The van der Waals surface area contributed by atoms with Gasteiger partial charge >= 0.3 is 0 Å². The molecule has 2 aromatic rings. The Balaban J connectivity index is 1.53. The fourth-order valence-corrected chi connectivity index (χ4v) is 1.81. The summed E-state index contributed by atoms with van der Waals surface area (Å²) in [5.41, 5.74) is 0.906. The lowest BCUT2D eigenvalue weighted by Gasteiger charge is -2.03. The minimum absolute atomic E-state index is 0.0878. The van der Waals surface area contributed by atoms with Gasteiger partial charge in [0.2, 0.25) is 0 Å². The number of nitrogens with zero attached hydrogens (tertiary/aromatic N) is 5. The number of aliphatic hydroxyl groups is 1. The first-order valence-electron chi connectivity index (χ1n) is 6.55. The standard InChI is InChI=1S/C12H20N6O/c19-8-7-18-10-12(15-16-18)9-13-3-1-2-5-17-6-4-14-11-17/h4,6,10-11,13,19H,1-3,5,7-9H2. The Labute approximate surface area is 112 Å². The van der Waals surface area contributed by atoms with Crippen molar-refractivity contribution in [3.8, 4) is 0 Å². The van der Waals surface area contributed by atoms with Crippen LogP contribution >= 0.6 is 0 Å². The molecule has 2 aromatic heterocycles. The van der Waals surface area contributed by atoms with Gasteiger partial charge in [0.15, 0.2) is 0 Å². The predicted octanol–water partition coefficient (Wildman–Crippen LogP) is 0.0369. The molecular weight excluding hydrogens is 244 g/mol. The van der Waals surface area contributed by atoms with Crippen molar-refractivity contribution in [3.63, 3.8) is 0 Å². The zero-order valence-corrected chi connectivity index (χ0v) is 10.9. The zero-order chi connectivity index (χ0) is 13.3. The van der Waals surface area contributed by atoms with Crippen molar-refractivity contribution in [2.24, 2.45) is 0 Å². The second-order valence-corrected chi connectivity index (χ2v) is 4.38. The number of hydrogen-bond acceptors (Lipinski definition) is 5. The van der Waals surface area contributed by atoms with Gasteiger partial charge in [-0.1, -0.05) is 5.21 Å². The molecule has 0 aliphatic heterocycles. The molecule has 0 unspecified atom stereocenters. The van der Waals surface area contributed by atoms with Gasteiger partial charge in [0, 0.05) is 31.7 Å². The lowest BCUT2D eigenvalue weighted by molar-refractivity contribution is 0.268. The molecule has 7 heteroatoms. The van der Waals surface area contributed by atoms with E-state index in [1.165, 1.54) is 0 Å². The number of aromatic nitrogens is 5. The van der Waals surface area contributed by atoms with Crippen molar-refractivity contribution in [1.82, 2.24) is 29.9 Å². The van der Waals surface area contributed by atoms with Crippen molar-refractivity contribution in [2.75, 3.05) is 13.2 Å². The van der Waals surface area contributed by atoms with Gasteiger partial charge < -0.3 is 15.0 Å². The molecule has 0 amide bonds. The van der Waals surface area contributed by atoms with Crippen molar-refractivity contribution < 1.29 is 5.11 Å². The lowest BCUT2D eigenvalue weighted by atomic mass is 10.3. The first-order valence-corrected chi connectivity index (χ1v) is 6.55. The van der Waals surface area contributed by atoms with E-state index in [4.69, 9.17) is 5.11 Å². The van der Waals surface area contributed by atoms with Gasteiger partial charge in [-0.3, -0.25) is 0 Å². The van der Waals surface area contributed by atoms with Crippen LogP contribution < -0.4 is 5.32 Å². The van der Waals surface area contributed by atoms with Crippen molar-refractivity contribution in [1.29, 1.82) is 0 Å².